The van der Waals surface area contributed by atoms with Gasteiger partial charge in [-0.15, -0.1) is 0 Å². The standard InChI is InChI=1S/C12H15BrN4O2S/c1-8(9-3-5-10(13)6-4-9)16-20(18,19)12-11(14)15-7-17(12)2/h3-8,16H,14H2,1-2H3. The largest absolute Gasteiger partial charge is 0.381 e. The number of nitrogens with zero attached hydrogens (tertiary/aromatic N) is 2. The van der Waals surface area contributed by atoms with Gasteiger partial charge in [0.25, 0.3) is 10.0 Å². The zero-order chi connectivity index (χ0) is 14.9. The van der Waals surface area contributed by atoms with E-state index in [1.165, 1.54) is 10.9 Å². The topological polar surface area (TPSA) is 90.0 Å². The van der Waals surface area contributed by atoms with Crippen LogP contribution in [0.1, 0.15) is 18.5 Å². The second-order valence-corrected chi connectivity index (χ2v) is 6.99. The molecule has 2 aromatic rings. The number of aryl methyl sites for hydroxylation is 1. The Morgan fingerprint density at radius 2 is 1.95 bits per heavy atom. The lowest BCUT2D eigenvalue weighted by Gasteiger charge is -2.15. The van der Waals surface area contributed by atoms with E-state index in [1.807, 2.05) is 24.3 Å². The van der Waals surface area contributed by atoms with Gasteiger partial charge >= 0.3 is 0 Å². The number of rotatable bonds is 4. The predicted octanol–water partition coefficient (Wildman–Crippen LogP) is 1.80. The molecule has 0 fully saturated rings. The number of sulfonamides is 1. The number of hydrogen-bond donors (Lipinski definition) is 2. The zero-order valence-corrected chi connectivity index (χ0v) is 13.4. The normalized spacial score (nSPS) is 13.3. The smallest absolute Gasteiger partial charge is 0.260 e. The van der Waals surface area contributed by atoms with E-state index in [0.29, 0.717) is 0 Å². The molecule has 0 radical (unpaired) electrons. The van der Waals surface area contributed by atoms with E-state index >= 15 is 0 Å². The second-order valence-electron chi connectivity index (χ2n) is 4.44. The van der Waals surface area contributed by atoms with Crippen LogP contribution in [0.25, 0.3) is 0 Å². The lowest BCUT2D eigenvalue weighted by molar-refractivity contribution is 0.558. The lowest BCUT2D eigenvalue weighted by atomic mass is 10.1. The maximum absolute atomic E-state index is 12.3. The fourth-order valence-corrected chi connectivity index (χ4v) is 3.60. The molecule has 108 valence electrons. The number of nitrogens with two attached hydrogens (primary N) is 1. The summed E-state index contributed by atoms with van der Waals surface area (Å²) in [7, 11) is -2.14. The molecule has 1 unspecified atom stereocenters. The highest BCUT2D eigenvalue weighted by atomic mass is 79.9. The van der Waals surface area contributed by atoms with E-state index in [0.717, 1.165) is 10.0 Å². The summed E-state index contributed by atoms with van der Waals surface area (Å²) < 4.78 is 29.6. The summed E-state index contributed by atoms with van der Waals surface area (Å²) in [5.41, 5.74) is 6.46. The van der Waals surface area contributed by atoms with Gasteiger partial charge in [-0.3, -0.25) is 0 Å². The number of hydrogen-bond acceptors (Lipinski definition) is 4. The van der Waals surface area contributed by atoms with Crippen molar-refractivity contribution in [2.75, 3.05) is 5.73 Å². The van der Waals surface area contributed by atoms with Gasteiger partial charge < -0.3 is 10.3 Å². The first-order valence-electron chi connectivity index (χ1n) is 5.86. The van der Waals surface area contributed by atoms with Crippen LogP contribution in [0.15, 0.2) is 40.1 Å². The quantitative estimate of drug-likeness (QED) is 0.871. The highest BCUT2D eigenvalue weighted by Gasteiger charge is 2.24. The molecule has 0 aliphatic heterocycles. The Morgan fingerprint density at radius 3 is 2.45 bits per heavy atom. The molecule has 0 saturated heterocycles. The summed E-state index contributed by atoms with van der Waals surface area (Å²) in [6.45, 7) is 1.77. The summed E-state index contributed by atoms with van der Waals surface area (Å²) in [6, 6.07) is 7.05. The maximum Gasteiger partial charge on any atom is 0.260 e. The van der Waals surface area contributed by atoms with Gasteiger partial charge in [-0.05, 0) is 24.6 Å². The minimum Gasteiger partial charge on any atom is -0.381 e. The van der Waals surface area contributed by atoms with Gasteiger partial charge in [0.15, 0.2) is 10.8 Å². The molecule has 8 heteroatoms. The summed E-state index contributed by atoms with van der Waals surface area (Å²) in [5, 5.41) is -0.0264. The van der Waals surface area contributed by atoms with Crippen molar-refractivity contribution in [2.24, 2.45) is 7.05 Å². The highest BCUT2D eigenvalue weighted by molar-refractivity contribution is 9.10. The molecule has 0 bridgehead atoms. The fraction of sp³-hybridized carbons (Fsp3) is 0.250. The Balaban J connectivity index is 2.27. The molecule has 0 aliphatic rings. The number of aromatic nitrogens is 2. The number of halogens is 1. The van der Waals surface area contributed by atoms with E-state index in [1.54, 1.807) is 14.0 Å². The van der Waals surface area contributed by atoms with E-state index in [2.05, 4.69) is 25.6 Å². The van der Waals surface area contributed by atoms with Crippen LogP contribution < -0.4 is 10.5 Å². The Morgan fingerprint density at radius 1 is 1.35 bits per heavy atom. The van der Waals surface area contributed by atoms with Crippen molar-refractivity contribution in [3.05, 3.63) is 40.6 Å². The van der Waals surface area contributed by atoms with E-state index in [4.69, 9.17) is 5.73 Å². The Bertz CT molecular complexity index is 690. The molecule has 2 rings (SSSR count). The third-order valence-corrected chi connectivity index (χ3v) is 5.06. The minimum absolute atomic E-state index is 0.0111. The molecule has 6 nitrogen and oxygen atoms in total. The molecule has 0 saturated carbocycles. The molecular formula is C12H15BrN4O2S. The molecule has 1 aromatic carbocycles. The lowest BCUT2D eigenvalue weighted by Crippen LogP contribution is -2.29. The average Bonchev–Trinajstić information content (AvgIpc) is 2.69. The van der Waals surface area contributed by atoms with E-state index in [-0.39, 0.29) is 16.9 Å². The number of anilines is 1. The third-order valence-electron chi connectivity index (χ3n) is 2.87. The summed E-state index contributed by atoms with van der Waals surface area (Å²) in [4.78, 5) is 3.79. The number of benzene rings is 1. The van der Waals surface area contributed by atoms with Gasteiger partial charge in [0, 0.05) is 17.6 Å². The number of nitrogens with one attached hydrogen (secondary N) is 1. The van der Waals surface area contributed by atoms with Crippen LogP contribution in [0.3, 0.4) is 0 Å². The second kappa shape index (κ2) is 5.55. The van der Waals surface area contributed by atoms with E-state index in [9.17, 15) is 8.42 Å². The first-order chi connectivity index (χ1) is 9.31. The maximum atomic E-state index is 12.3. The summed E-state index contributed by atoms with van der Waals surface area (Å²) in [5.74, 6) is -0.0111. The van der Waals surface area contributed by atoms with Gasteiger partial charge in [-0.1, -0.05) is 28.1 Å². The van der Waals surface area contributed by atoms with Crippen molar-refractivity contribution >= 4 is 31.8 Å². The predicted molar refractivity (Wildman–Crippen MR) is 80.5 cm³/mol. The molecular weight excluding hydrogens is 344 g/mol. The summed E-state index contributed by atoms with van der Waals surface area (Å²) >= 11 is 3.34. The molecule has 20 heavy (non-hydrogen) atoms. The van der Waals surface area contributed by atoms with Crippen LogP contribution in [0.5, 0.6) is 0 Å². The van der Waals surface area contributed by atoms with Crippen molar-refractivity contribution in [3.8, 4) is 0 Å². The molecule has 1 atom stereocenters. The third kappa shape index (κ3) is 3.02. The number of nitrogen functional groups attached to an aromatic ring is 1. The minimum atomic E-state index is -3.72. The Labute approximate surface area is 126 Å². The molecule has 3 N–H and O–H groups in total. The number of imidazole rings is 1. The van der Waals surface area contributed by atoms with Gasteiger partial charge in [0.1, 0.15) is 0 Å². The van der Waals surface area contributed by atoms with E-state index < -0.39 is 10.0 Å². The highest BCUT2D eigenvalue weighted by Crippen LogP contribution is 2.21. The Kier molecular flexibility index (Phi) is 4.17. The van der Waals surface area contributed by atoms with Crippen LogP contribution in [0, 0.1) is 0 Å². The van der Waals surface area contributed by atoms with Crippen molar-refractivity contribution < 1.29 is 8.42 Å². The van der Waals surface area contributed by atoms with Gasteiger partial charge in [0.05, 0.1) is 6.33 Å². The SMILES string of the molecule is CC(NS(=O)(=O)c1c(N)ncn1C)c1ccc(Br)cc1. The van der Waals surface area contributed by atoms with Crippen LogP contribution in [0.4, 0.5) is 5.82 Å². The van der Waals surface area contributed by atoms with Crippen molar-refractivity contribution in [2.45, 2.75) is 18.0 Å². The summed E-state index contributed by atoms with van der Waals surface area (Å²) in [6.07, 6.45) is 1.37. The van der Waals surface area contributed by atoms with Crippen molar-refractivity contribution in [3.63, 3.8) is 0 Å². The van der Waals surface area contributed by atoms with Crippen LogP contribution in [0.2, 0.25) is 0 Å². The fourth-order valence-electron chi connectivity index (χ4n) is 1.87. The van der Waals surface area contributed by atoms with Crippen LogP contribution in [-0.4, -0.2) is 18.0 Å². The van der Waals surface area contributed by atoms with Crippen LogP contribution in [-0.2, 0) is 17.1 Å². The average molecular weight is 359 g/mol. The van der Waals surface area contributed by atoms with Crippen molar-refractivity contribution in [1.82, 2.24) is 14.3 Å². The van der Waals surface area contributed by atoms with Crippen molar-refractivity contribution in [1.29, 1.82) is 0 Å². The van der Waals surface area contributed by atoms with Gasteiger partial charge in [-0.2, -0.15) is 0 Å². The van der Waals surface area contributed by atoms with Gasteiger partial charge in [-0.25, -0.2) is 18.1 Å². The monoisotopic (exact) mass is 358 g/mol. The molecule has 0 aliphatic carbocycles. The first-order valence-corrected chi connectivity index (χ1v) is 8.13. The molecule has 0 amide bonds. The Hall–Kier alpha value is -1.38. The molecule has 1 heterocycles. The first kappa shape index (κ1) is 15.0. The van der Waals surface area contributed by atoms with Crippen LogP contribution >= 0.6 is 15.9 Å². The van der Waals surface area contributed by atoms with Gasteiger partial charge in [0.2, 0.25) is 0 Å². The molecule has 0 spiro atoms. The molecule has 1 aromatic heterocycles. The zero-order valence-electron chi connectivity index (χ0n) is 11.0.